The number of hydrogen-bond acceptors (Lipinski definition) is 3. The highest BCUT2D eigenvalue weighted by atomic mass is 15.1. The molecule has 1 fully saturated rings. The molecule has 3 heteroatoms. The van der Waals surface area contributed by atoms with Crippen molar-refractivity contribution < 1.29 is 0 Å². The van der Waals surface area contributed by atoms with Crippen LogP contribution in [0.15, 0.2) is 42.3 Å². The van der Waals surface area contributed by atoms with E-state index in [1.54, 1.807) is 0 Å². The van der Waals surface area contributed by atoms with Crippen LogP contribution in [-0.2, 0) is 0 Å². The molecule has 1 aromatic rings. The first-order valence-corrected chi connectivity index (χ1v) is 7.52. The maximum absolute atomic E-state index is 4.59. The number of aromatic nitrogens is 1. The lowest BCUT2D eigenvalue weighted by Gasteiger charge is -2.37. The third kappa shape index (κ3) is 2.63. The first-order valence-electron chi connectivity index (χ1n) is 7.52. The van der Waals surface area contributed by atoms with E-state index in [-0.39, 0.29) is 0 Å². The van der Waals surface area contributed by atoms with E-state index >= 15 is 0 Å². The van der Waals surface area contributed by atoms with Gasteiger partial charge in [-0.3, -0.25) is 4.98 Å². The lowest BCUT2D eigenvalue weighted by molar-refractivity contribution is 0.286. The van der Waals surface area contributed by atoms with Crippen molar-refractivity contribution in [2.24, 2.45) is 0 Å². The molecule has 0 radical (unpaired) electrons. The predicted octanol–water partition coefficient (Wildman–Crippen LogP) is 3.01. The molecule has 0 aliphatic carbocycles. The smallest absolute Gasteiger partial charge is 0.0622 e. The van der Waals surface area contributed by atoms with Crippen LogP contribution in [0.5, 0.6) is 0 Å². The van der Waals surface area contributed by atoms with Gasteiger partial charge in [-0.2, -0.15) is 0 Å². The molecule has 2 aliphatic heterocycles. The fourth-order valence-electron chi connectivity index (χ4n) is 3.34. The topological polar surface area (TPSA) is 37.0 Å². The van der Waals surface area contributed by atoms with Gasteiger partial charge in [-0.15, -0.1) is 0 Å². The second kappa shape index (κ2) is 5.80. The summed E-state index contributed by atoms with van der Waals surface area (Å²) in [5.74, 6) is 0. The SMILES string of the molecule is CC1=CC=CNC1[C@@H]1CCC[C@H](c2ncccc2C)N1. The maximum atomic E-state index is 4.59. The fraction of sp³-hybridized carbons (Fsp3) is 0.471. The zero-order valence-corrected chi connectivity index (χ0v) is 12.3. The van der Waals surface area contributed by atoms with Crippen LogP contribution in [0.2, 0.25) is 0 Å². The summed E-state index contributed by atoms with van der Waals surface area (Å²) >= 11 is 0. The quantitative estimate of drug-likeness (QED) is 0.866. The maximum Gasteiger partial charge on any atom is 0.0622 e. The zero-order valence-electron chi connectivity index (χ0n) is 12.3. The number of hydrogen-bond donors (Lipinski definition) is 2. The van der Waals surface area contributed by atoms with Crippen molar-refractivity contribution in [1.29, 1.82) is 0 Å². The van der Waals surface area contributed by atoms with Gasteiger partial charge in [0.25, 0.3) is 0 Å². The number of aryl methyl sites for hydroxylation is 1. The predicted molar refractivity (Wildman–Crippen MR) is 82.3 cm³/mol. The van der Waals surface area contributed by atoms with Crippen molar-refractivity contribution in [3.63, 3.8) is 0 Å². The Morgan fingerprint density at radius 1 is 1.25 bits per heavy atom. The van der Waals surface area contributed by atoms with Crippen molar-refractivity contribution >= 4 is 0 Å². The lowest BCUT2D eigenvalue weighted by atomic mass is 9.87. The summed E-state index contributed by atoms with van der Waals surface area (Å²) in [4.78, 5) is 4.59. The van der Waals surface area contributed by atoms with E-state index in [9.17, 15) is 0 Å². The summed E-state index contributed by atoms with van der Waals surface area (Å²) in [6, 6.07) is 5.44. The highest BCUT2D eigenvalue weighted by Crippen LogP contribution is 2.29. The molecule has 2 aliphatic rings. The van der Waals surface area contributed by atoms with Crippen LogP contribution in [0.3, 0.4) is 0 Å². The molecule has 3 atom stereocenters. The average molecular weight is 269 g/mol. The van der Waals surface area contributed by atoms with Gasteiger partial charge in [0.2, 0.25) is 0 Å². The molecule has 1 unspecified atom stereocenters. The highest BCUT2D eigenvalue weighted by molar-refractivity contribution is 5.25. The number of pyridine rings is 1. The molecule has 20 heavy (non-hydrogen) atoms. The average Bonchev–Trinajstić information content (AvgIpc) is 2.48. The van der Waals surface area contributed by atoms with Gasteiger partial charge in [0.05, 0.1) is 17.8 Å². The molecular weight excluding hydrogens is 246 g/mol. The first-order chi connectivity index (χ1) is 9.75. The van der Waals surface area contributed by atoms with E-state index in [0.29, 0.717) is 18.1 Å². The van der Waals surface area contributed by atoms with E-state index in [1.165, 1.54) is 36.1 Å². The molecular formula is C17H23N3. The van der Waals surface area contributed by atoms with Gasteiger partial charge in [-0.25, -0.2) is 0 Å². The van der Waals surface area contributed by atoms with E-state index in [1.807, 2.05) is 12.3 Å². The summed E-state index contributed by atoms with van der Waals surface area (Å²) in [5.41, 5.74) is 3.91. The summed E-state index contributed by atoms with van der Waals surface area (Å²) in [7, 11) is 0. The summed E-state index contributed by atoms with van der Waals surface area (Å²) in [6.07, 6.45) is 11.9. The molecule has 1 aromatic heterocycles. The van der Waals surface area contributed by atoms with Crippen molar-refractivity contribution in [1.82, 2.24) is 15.6 Å². The van der Waals surface area contributed by atoms with Crippen molar-refractivity contribution in [3.8, 4) is 0 Å². The highest BCUT2D eigenvalue weighted by Gasteiger charge is 2.30. The Hall–Kier alpha value is -1.61. The molecule has 1 saturated heterocycles. The molecule has 0 spiro atoms. The minimum Gasteiger partial charge on any atom is -0.383 e. The van der Waals surface area contributed by atoms with Crippen LogP contribution in [0.4, 0.5) is 0 Å². The van der Waals surface area contributed by atoms with Gasteiger partial charge in [0.1, 0.15) is 0 Å². The Balaban J connectivity index is 1.76. The molecule has 0 aromatic carbocycles. The van der Waals surface area contributed by atoms with E-state index < -0.39 is 0 Å². The van der Waals surface area contributed by atoms with Crippen LogP contribution in [0, 0.1) is 6.92 Å². The van der Waals surface area contributed by atoms with Crippen LogP contribution >= 0.6 is 0 Å². The Bertz CT molecular complexity index is 533. The number of rotatable bonds is 2. The Morgan fingerprint density at radius 3 is 2.95 bits per heavy atom. The van der Waals surface area contributed by atoms with E-state index in [0.717, 1.165) is 0 Å². The number of nitrogens with zero attached hydrogens (tertiary/aromatic N) is 1. The third-order valence-corrected chi connectivity index (χ3v) is 4.43. The number of allylic oxidation sites excluding steroid dienone is 2. The Kier molecular flexibility index (Phi) is 3.88. The van der Waals surface area contributed by atoms with E-state index in [2.05, 4.69) is 53.9 Å². The minimum atomic E-state index is 0.385. The molecule has 0 amide bonds. The van der Waals surface area contributed by atoms with Gasteiger partial charge in [-0.05, 0) is 62.6 Å². The van der Waals surface area contributed by atoms with Crippen molar-refractivity contribution in [3.05, 3.63) is 53.5 Å². The minimum absolute atomic E-state index is 0.385. The fourth-order valence-corrected chi connectivity index (χ4v) is 3.34. The van der Waals surface area contributed by atoms with Crippen LogP contribution in [-0.4, -0.2) is 17.1 Å². The largest absolute Gasteiger partial charge is 0.383 e. The summed E-state index contributed by atoms with van der Waals surface area (Å²) < 4.78 is 0. The van der Waals surface area contributed by atoms with Crippen LogP contribution < -0.4 is 10.6 Å². The second-order valence-corrected chi connectivity index (χ2v) is 5.88. The van der Waals surface area contributed by atoms with Crippen molar-refractivity contribution in [2.45, 2.75) is 51.2 Å². The number of nitrogens with one attached hydrogen (secondary N) is 2. The third-order valence-electron chi connectivity index (χ3n) is 4.43. The standard InChI is InChI=1S/C17H23N3/c1-12-6-4-10-18-16(12)14-8-3-9-15(20-14)17-13(2)7-5-11-19-17/h4-7,10-11,14-16,18,20H,3,8-9H2,1-2H3/t14-,15+,16?/m0/s1. The number of piperidine rings is 1. The van der Waals surface area contributed by atoms with Gasteiger partial charge in [-0.1, -0.05) is 12.1 Å². The monoisotopic (exact) mass is 269 g/mol. The molecule has 106 valence electrons. The molecule has 3 nitrogen and oxygen atoms in total. The Labute approximate surface area is 121 Å². The molecule has 0 bridgehead atoms. The summed E-state index contributed by atoms with van der Waals surface area (Å²) in [6.45, 7) is 4.36. The van der Waals surface area contributed by atoms with Crippen LogP contribution in [0.25, 0.3) is 0 Å². The normalized spacial score (nSPS) is 29.7. The molecule has 3 rings (SSSR count). The summed E-state index contributed by atoms with van der Waals surface area (Å²) in [5, 5.41) is 7.30. The van der Waals surface area contributed by atoms with Gasteiger partial charge >= 0.3 is 0 Å². The lowest BCUT2D eigenvalue weighted by Crippen LogP contribution is -2.51. The zero-order chi connectivity index (χ0) is 13.9. The van der Waals surface area contributed by atoms with E-state index in [4.69, 9.17) is 0 Å². The first kappa shape index (κ1) is 13.4. The number of dihydropyridines is 1. The van der Waals surface area contributed by atoms with Crippen LogP contribution in [0.1, 0.15) is 43.5 Å². The van der Waals surface area contributed by atoms with Crippen molar-refractivity contribution in [2.75, 3.05) is 0 Å². The van der Waals surface area contributed by atoms with Gasteiger partial charge in [0, 0.05) is 12.2 Å². The Morgan fingerprint density at radius 2 is 2.15 bits per heavy atom. The van der Waals surface area contributed by atoms with Gasteiger partial charge < -0.3 is 10.6 Å². The second-order valence-electron chi connectivity index (χ2n) is 5.88. The molecule has 0 saturated carbocycles. The molecule has 3 heterocycles. The molecule has 2 N–H and O–H groups in total. The van der Waals surface area contributed by atoms with Gasteiger partial charge in [0.15, 0.2) is 0 Å².